The normalized spacial score (nSPS) is 35.1. The minimum atomic E-state index is 0.00443. The molecule has 1 nitrogen and oxygen atoms in total. The number of rotatable bonds is 3. The van der Waals surface area contributed by atoms with E-state index in [1.807, 2.05) is 0 Å². The molecule has 0 aromatic heterocycles. The lowest BCUT2D eigenvalue weighted by Gasteiger charge is -2.30. The Labute approximate surface area is 92.9 Å². The zero-order valence-corrected chi connectivity index (χ0v) is 10.2. The predicted molar refractivity (Wildman–Crippen MR) is 62.7 cm³/mol. The Bertz CT molecular complexity index is 313. The van der Waals surface area contributed by atoms with E-state index in [1.165, 1.54) is 24.8 Å². The van der Waals surface area contributed by atoms with Gasteiger partial charge in [-0.05, 0) is 50.5 Å². The molecule has 0 saturated heterocycles. The number of allylic oxidation sites excluding steroid dienone is 2. The largest absolute Gasteiger partial charge is 0.294 e. The number of carbonyl (C=O) groups excluding carboxylic acids is 1. The Kier molecular flexibility index (Phi) is 2.74. The lowest BCUT2D eigenvalue weighted by atomic mass is 9.72. The van der Waals surface area contributed by atoms with Crippen LogP contribution in [0.25, 0.3) is 0 Å². The third-order valence-corrected chi connectivity index (χ3v) is 4.40. The van der Waals surface area contributed by atoms with E-state index in [2.05, 4.69) is 20.8 Å². The predicted octanol–water partition coefficient (Wildman–Crippen LogP) is 3.88. The van der Waals surface area contributed by atoms with Crippen molar-refractivity contribution in [2.24, 2.45) is 11.3 Å². The maximum atomic E-state index is 12.2. The fourth-order valence-electron chi connectivity index (χ4n) is 3.41. The average Bonchev–Trinajstić information content (AvgIpc) is 2.57. The van der Waals surface area contributed by atoms with Gasteiger partial charge in [-0.3, -0.25) is 4.79 Å². The van der Waals surface area contributed by atoms with E-state index in [0.717, 1.165) is 30.8 Å². The van der Waals surface area contributed by atoms with Gasteiger partial charge in [0.25, 0.3) is 0 Å². The van der Waals surface area contributed by atoms with Crippen molar-refractivity contribution < 1.29 is 4.79 Å². The maximum absolute atomic E-state index is 12.2. The van der Waals surface area contributed by atoms with E-state index in [4.69, 9.17) is 0 Å². The lowest BCUT2D eigenvalue weighted by molar-refractivity contribution is -0.124. The van der Waals surface area contributed by atoms with E-state index in [1.54, 1.807) is 0 Å². The molecule has 0 aromatic rings. The summed E-state index contributed by atoms with van der Waals surface area (Å²) in [5.41, 5.74) is 2.61. The average molecular weight is 206 g/mol. The van der Waals surface area contributed by atoms with Gasteiger partial charge in [0.1, 0.15) is 0 Å². The van der Waals surface area contributed by atoms with Gasteiger partial charge in [0.2, 0.25) is 0 Å². The van der Waals surface area contributed by atoms with Gasteiger partial charge in [0, 0.05) is 5.41 Å². The molecule has 0 aliphatic heterocycles. The molecular weight excluding hydrogens is 184 g/mol. The van der Waals surface area contributed by atoms with Crippen molar-refractivity contribution in [1.82, 2.24) is 0 Å². The van der Waals surface area contributed by atoms with Crippen molar-refractivity contribution in [1.29, 1.82) is 0 Å². The van der Waals surface area contributed by atoms with Crippen LogP contribution in [-0.2, 0) is 4.79 Å². The Morgan fingerprint density at radius 2 is 2.20 bits per heavy atom. The zero-order valence-electron chi connectivity index (χ0n) is 10.2. The first-order chi connectivity index (χ1) is 7.08. The summed E-state index contributed by atoms with van der Waals surface area (Å²) >= 11 is 0. The SMILES string of the molecule is CCCCC1=C(C)C(=O)C2(C)CCC1C2. The summed E-state index contributed by atoms with van der Waals surface area (Å²) in [6.45, 7) is 6.44. The molecule has 1 heteroatoms. The monoisotopic (exact) mass is 206 g/mol. The van der Waals surface area contributed by atoms with Crippen LogP contribution in [0, 0.1) is 11.3 Å². The Balaban J connectivity index is 2.25. The molecule has 0 N–H and O–H groups in total. The molecule has 2 bridgehead atoms. The number of carbonyl (C=O) groups is 1. The van der Waals surface area contributed by atoms with Crippen molar-refractivity contribution in [3.63, 3.8) is 0 Å². The molecule has 0 aromatic carbocycles. The minimum absolute atomic E-state index is 0.00443. The summed E-state index contributed by atoms with van der Waals surface area (Å²) < 4.78 is 0. The highest BCUT2D eigenvalue weighted by Crippen LogP contribution is 2.52. The van der Waals surface area contributed by atoms with E-state index >= 15 is 0 Å². The van der Waals surface area contributed by atoms with Crippen LogP contribution < -0.4 is 0 Å². The Morgan fingerprint density at radius 3 is 2.87 bits per heavy atom. The van der Waals surface area contributed by atoms with Gasteiger partial charge in [-0.15, -0.1) is 0 Å². The Hall–Kier alpha value is -0.590. The molecule has 2 aliphatic rings. The Morgan fingerprint density at radius 1 is 1.47 bits per heavy atom. The second-order valence-electron chi connectivity index (χ2n) is 5.58. The first-order valence-corrected chi connectivity index (χ1v) is 6.33. The summed E-state index contributed by atoms with van der Waals surface area (Å²) in [6.07, 6.45) is 7.13. The molecule has 2 rings (SSSR count). The summed E-state index contributed by atoms with van der Waals surface area (Å²) in [4.78, 5) is 12.2. The van der Waals surface area contributed by atoms with Crippen LogP contribution in [0.4, 0.5) is 0 Å². The standard InChI is InChI=1S/C14H22O/c1-4-5-6-12-10(2)13(15)14(3)8-7-11(12)9-14/h11H,4-9H2,1-3H3. The molecule has 15 heavy (non-hydrogen) atoms. The zero-order chi connectivity index (χ0) is 11.1. The summed E-state index contributed by atoms with van der Waals surface area (Å²) in [6, 6.07) is 0. The molecule has 0 heterocycles. The smallest absolute Gasteiger partial charge is 0.164 e. The van der Waals surface area contributed by atoms with Crippen LogP contribution in [0.15, 0.2) is 11.1 Å². The number of fused-ring (bicyclic) bond motifs is 2. The van der Waals surface area contributed by atoms with Crippen molar-refractivity contribution in [2.45, 2.75) is 59.3 Å². The molecule has 1 fully saturated rings. The molecule has 0 radical (unpaired) electrons. The van der Waals surface area contributed by atoms with E-state index in [-0.39, 0.29) is 5.41 Å². The summed E-state index contributed by atoms with van der Waals surface area (Å²) in [7, 11) is 0. The fraction of sp³-hybridized carbons (Fsp3) is 0.786. The van der Waals surface area contributed by atoms with Crippen LogP contribution in [-0.4, -0.2) is 5.78 Å². The number of unbranched alkanes of at least 4 members (excludes halogenated alkanes) is 1. The quantitative estimate of drug-likeness (QED) is 0.685. The van der Waals surface area contributed by atoms with E-state index < -0.39 is 0 Å². The van der Waals surface area contributed by atoms with Crippen molar-refractivity contribution >= 4 is 5.78 Å². The number of ketones is 1. The second-order valence-corrected chi connectivity index (χ2v) is 5.58. The topological polar surface area (TPSA) is 17.1 Å². The lowest BCUT2D eigenvalue weighted by Crippen LogP contribution is -2.30. The van der Waals surface area contributed by atoms with Crippen LogP contribution in [0.1, 0.15) is 59.3 Å². The van der Waals surface area contributed by atoms with Gasteiger partial charge in [-0.1, -0.05) is 25.8 Å². The summed E-state index contributed by atoms with van der Waals surface area (Å²) in [5.74, 6) is 1.18. The van der Waals surface area contributed by atoms with Gasteiger partial charge < -0.3 is 0 Å². The third kappa shape index (κ3) is 1.66. The van der Waals surface area contributed by atoms with Gasteiger partial charge in [0.05, 0.1) is 0 Å². The molecule has 84 valence electrons. The second kappa shape index (κ2) is 3.77. The highest BCUT2D eigenvalue weighted by Gasteiger charge is 2.46. The van der Waals surface area contributed by atoms with Crippen molar-refractivity contribution in [3.8, 4) is 0 Å². The molecule has 2 atom stereocenters. The number of Topliss-reactive ketones (excluding diaryl/α,β-unsaturated/α-hetero) is 1. The van der Waals surface area contributed by atoms with E-state index in [0.29, 0.717) is 5.78 Å². The highest BCUT2D eigenvalue weighted by atomic mass is 16.1. The fourth-order valence-corrected chi connectivity index (χ4v) is 3.41. The third-order valence-electron chi connectivity index (χ3n) is 4.40. The van der Waals surface area contributed by atoms with Crippen LogP contribution in [0.2, 0.25) is 0 Å². The van der Waals surface area contributed by atoms with Crippen LogP contribution >= 0.6 is 0 Å². The van der Waals surface area contributed by atoms with Crippen molar-refractivity contribution in [2.75, 3.05) is 0 Å². The molecule has 0 amide bonds. The van der Waals surface area contributed by atoms with Crippen LogP contribution in [0.5, 0.6) is 0 Å². The molecule has 2 aliphatic carbocycles. The van der Waals surface area contributed by atoms with Gasteiger partial charge >= 0.3 is 0 Å². The number of hydrogen-bond acceptors (Lipinski definition) is 1. The van der Waals surface area contributed by atoms with Crippen LogP contribution in [0.3, 0.4) is 0 Å². The maximum Gasteiger partial charge on any atom is 0.164 e. The van der Waals surface area contributed by atoms with Crippen molar-refractivity contribution in [3.05, 3.63) is 11.1 Å². The first kappa shape index (κ1) is 10.9. The molecule has 2 unspecified atom stereocenters. The molecule has 0 spiro atoms. The van der Waals surface area contributed by atoms with Gasteiger partial charge in [-0.2, -0.15) is 0 Å². The van der Waals surface area contributed by atoms with Gasteiger partial charge in [0.15, 0.2) is 5.78 Å². The first-order valence-electron chi connectivity index (χ1n) is 6.33. The molecular formula is C14H22O. The van der Waals surface area contributed by atoms with Gasteiger partial charge in [-0.25, -0.2) is 0 Å². The number of hydrogen-bond donors (Lipinski definition) is 0. The summed E-state index contributed by atoms with van der Waals surface area (Å²) in [5, 5.41) is 0. The van der Waals surface area contributed by atoms with E-state index in [9.17, 15) is 4.79 Å². The highest BCUT2D eigenvalue weighted by molar-refractivity contribution is 6.01. The molecule has 1 saturated carbocycles. The minimum Gasteiger partial charge on any atom is -0.294 e.